The van der Waals surface area contributed by atoms with E-state index in [-0.39, 0.29) is 18.7 Å². The molecule has 1 amide bonds. The van der Waals surface area contributed by atoms with Crippen LogP contribution in [-0.4, -0.2) is 38.0 Å². The molecule has 0 saturated carbocycles. The van der Waals surface area contributed by atoms with Gasteiger partial charge in [-0.05, 0) is 0 Å². The summed E-state index contributed by atoms with van der Waals surface area (Å²) in [6.07, 6.45) is 8.20. The number of carbonyl (C=O) groups is 2. The summed E-state index contributed by atoms with van der Waals surface area (Å²) in [4.78, 5) is 22.1. The maximum Gasteiger partial charge on any atom is 0.327 e. The molecule has 0 fully saturated rings. The second-order valence-corrected chi connectivity index (χ2v) is 3.28. The molecule has 0 aliphatic heterocycles. The van der Waals surface area contributed by atoms with Crippen molar-refractivity contribution in [2.24, 2.45) is 0 Å². The topological polar surface area (TPSA) is 97.1 Å². The van der Waals surface area contributed by atoms with Crippen LogP contribution in [0.5, 0.6) is 0 Å². The van der Waals surface area contributed by atoms with Crippen molar-refractivity contribution in [3.05, 3.63) is 12.4 Å². The number of nitrogens with zero attached hydrogens (tertiary/aromatic N) is 3. The fourth-order valence-electron chi connectivity index (χ4n) is 1.15. The molecule has 1 atom stereocenters. The number of carboxylic acids is 1. The minimum absolute atomic E-state index is 0.0373. The molecular weight excluding hydrogens is 224 g/mol. The third-order valence-electron chi connectivity index (χ3n) is 2.00. The van der Waals surface area contributed by atoms with Crippen LogP contribution in [0.2, 0.25) is 0 Å². The Morgan fingerprint density at radius 2 is 2.35 bits per heavy atom. The molecule has 7 heteroatoms. The predicted molar refractivity (Wildman–Crippen MR) is 57.7 cm³/mol. The predicted octanol–water partition coefficient (Wildman–Crippen LogP) is -0.739. The zero-order chi connectivity index (χ0) is 12.7. The standard InChI is InChI=1S/C10H12N4O3/c1-2-3-8(10(16)17)12-9(15)4-6-14-7-5-11-13-14/h1,5,7-8H,3-4,6H2,(H,12,15)(H,16,17). The van der Waals surface area contributed by atoms with Crippen molar-refractivity contribution in [3.63, 3.8) is 0 Å². The first-order valence-corrected chi connectivity index (χ1v) is 4.93. The fourth-order valence-corrected chi connectivity index (χ4v) is 1.15. The minimum atomic E-state index is -1.14. The van der Waals surface area contributed by atoms with E-state index >= 15 is 0 Å². The summed E-state index contributed by atoms with van der Waals surface area (Å²) < 4.78 is 1.48. The van der Waals surface area contributed by atoms with Gasteiger partial charge < -0.3 is 10.4 Å². The van der Waals surface area contributed by atoms with Crippen molar-refractivity contribution in [2.75, 3.05) is 0 Å². The fraction of sp³-hybridized carbons (Fsp3) is 0.400. The number of aryl methyl sites for hydroxylation is 1. The smallest absolute Gasteiger partial charge is 0.327 e. The van der Waals surface area contributed by atoms with Crippen molar-refractivity contribution in [1.29, 1.82) is 0 Å². The van der Waals surface area contributed by atoms with Gasteiger partial charge in [0.15, 0.2) is 0 Å². The molecule has 2 N–H and O–H groups in total. The van der Waals surface area contributed by atoms with E-state index in [1.165, 1.54) is 10.9 Å². The number of hydrogen-bond acceptors (Lipinski definition) is 4. The summed E-state index contributed by atoms with van der Waals surface area (Å²) in [5.41, 5.74) is 0. The Kier molecular flexibility index (Phi) is 4.69. The van der Waals surface area contributed by atoms with E-state index < -0.39 is 12.0 Å². The highest BCUT2D eigenvalue weighted by molar-refractivity contribution is 5.83. The number of hydrogen-bond donors (Lipinski definition) is 2. The molecule has 90 valence electrons. The lowest BCUT2D eigenvalue weighted by Gasteiger charge is -2.11. The lowest BCUT2D eigenvalue weighted by atomic mass is 10.2. The molecule has 1 aromatic rings. The van der Waals surface area contributed by atoms with Crippen molar-refractivity contribution >= 4 is 11.9 Å². The summed E-state index contributed by atoms with van der Waals surface area (Å²) in [7, 11) is 0. The Bertz CT molecular complexity index is 421. The average molecular weight is 236 g/mol. The second-order valence-electron chi connectivity index (χ2n) is 3.28. The number of amides is 1. The van der Waals surface area contributed by atoms with E-state index in [2.05, 4.69) is 21.5 Å². The molecule has 1 aromatic heterocycles. The van der Waals surface area contributed by atoms with Crippen molar-refractivity contribution in [1.82, 2.24) is 20.3 Å². The van der Waals surface area contributed by atoms with Crippen LogP contribution in [-0.2, 0) is 16.1 Å². The molecule has 0 saturated heterocycles. The van der Waals surface area contributed by atoms with E-state index in [1.807, 2.05) is 0 Å². The Balaban J connectivity index is 2.37. The number of rotatable bonds is 6. The van der Waals surface area contributed by atoms with Gasteiger partial charge in [-0.25, -0.2) is 4.79 Å². The van der Waals surface area contributed by atoms with Gasteiger partial charge in [-0.3, -0.25) is 9.48 Å². The summed E-state index contributed by atoms with van der Waals surface area (Å²) in [6.45, 7) is 0.341. The molecule has 0 bridgehead atoms. The second kappa shape index (κ2) is 6.27. The number of nitrogens with one attached hydrogen (secondary N) is 1. The SMILES string of the molecule is C#CCC(NC(=O)CCn1ccnn1)C(=O)O. The molecule has 0 spiro atoms. The highest BCUT2D eigenvalue weighted by Gasteiger charge is 2.18. The van der Waals surface area contributed by atoms with E-state index in [1.54, 1.807) is 6.20 Å². The van der Waals surface area contributed by atoms with Gasteiger partial charge in [0.05, 0.1) is 12.7 Å². The Hall–Kier alpha value is -2.36. The highest BCUT2D eigenvalue weighted by Crippen LogP contribution is 1.94. The van der Waals surface area contributed by atoms with Crippen LogP contribution in [0.1, 0.15) is 12.8 Å². The molecule has 0 aliphatic carbocycles. The van der Waals surface area contributed by atoms with Crippen LogP contribution in [0, 0.1) is 12.3 Å². The average Bonchev–Trinajstić information content (AvgIpc) is 2.78. The third-order valence-corrected chi connectivity index (χ3v) is 2.00. The van der Waals surface area contributed by atoms with Gasteiger partial charge >= 0.3 is 5.97 Å². The molecule has 1 rings (SSSR count). The van der Waals surface area contributed by atoms with Gasteiger partial charge in [0.2, 0.25) is 5.91 Å². The Labute approximate surface area is 97.8 Å². The van der Waals surface area contributed by atoms with Crippen LogP contribution in [0.3, 0.4) is 0 Å². The van der Waals surface area contributed by atoms with Gasteiger partial charge in [-0.1, -0.05) is 5.21 Å². The molecule has 7 nitrogen and oxygen atoms in total. The normalized spacial score (nSPS) is 11.5. The van der Waals surface area contributed by atoms with Crippen LogP contribution < -0.4 is 5.32 Å². The van der Waals surface area contributed by atoms with Crippen molar-refractivity contribution in [2.45, 2.75) is 25.4 Å². The molecule has 1 heterocycles. The van der Waals surface area contributed by atoms with Gasteiger partial charge in [0, 0.05) is 19.0 Å². The zero-order valence-corrected chi connectivity index (χ0v) is 9.04. The molecule has 17 heavy (non-hydrogen) atoms. The van der Waals surface area contributed by atoms with Crippen molar-refractivity contribution < 1.29 is 14.7 Å². The molecule has 0 aromatic carbocycles. The van der Waals surface area contributed by atoms with Gasteiger partial charge in [0.25, 0.3) is 0 Å². The zero-order valence-electron chi connectivity index (χ0n) is 9.04. The molecular formula is C10H12N4O3. The number of aliphatic carboxylic acids is 1. The lowest BCUT2D eigenvalue weighted by molar-refractivity contribution is -0.141. The monoisotopic (exact) mass is 236 g/mol. The van der Waals surface area contributed by atoms with E-state index in [9.17, 15) is 9.59 Å². The third kappa shape index (κ3) is 4.34. The number of carboxylic acid groups (broad SMARTS) is 1. The summed E-state index contributed by atoms with van der Waals surface area (Å²) in [5, 5.41) is 18.4. The highest BCUT2D eigenvalue weighted by atomic mass is 16.4. The van der Waals surface area contributed by atoms with Crippen LogP contribution >= 0.6 is 0 Å². The molecule has 1 unspecified atom stereocenters. The summed E-state index contributed by atoms with van der Waals surface area (Å²) >= 11 is 0. The first-order chi connectivity index (χ1) is 8.13. The van der Waals surface area contributed by atoms with Gasteiger partial charge in [0.1, 0.15) is 6.04 Å². The van der Waals surface area contributed by atoms with E-state index in [0.29, 0.717) is 6.54 Å². The largest absolute Gasteiger partial charge is 0.480 e. The molecule has 0 radical (unpaired) electrons. The van der Waals surface area contributed by atoms with E-state index in [0.717, 1.165) is 0 Å². The van der Waals surface area contributed by atoms with Gasteiger partial charge in [-0.15, -0.1) is 17.4 Å². The number of carbonyl (C=O) groups excluding carboxylic acids is 1. The number of terminal acetylenes is 1. The van der Waals surface area contributed by atoms with E-state index in [4.69, 9.17) is 11.5 Å². The van der Waals surface area contributed by atoms with Crippen LogP contribution in [0.15, 0.2) is 12.4 Å². The maximum atomic E-state index is 11.4. The van der Waals surface area contributed by atoms with Crippen molar-refractivity contribution in [3.8, 4) is 12.3 Å². The Morgan fingerprint density at radius 3 is 2.88 bits per heavy atom. The van der Waals surface area contributed by atoms with Crippen LogP contribution in [0.25, 0.3) is 0 Å². The van der Waals surface area contributed by atoms with Gasteiger partial charge in [-0.2, -0.15) is 0 Å². The number of aromatic nitrogens is 3. The first-order valence-electron chi connectivity index (χ1n) is 4.93. The quantitative estimate of drug-likeness (QED) is 0.634. The summed E-state index contributed by atoms with van der Waals surface area (Å²) in [6, 6.07) is -1.04. The minimum Gasteiger partial charge on any atom is -0.480 e. The lowest BCUT2D eigenvalue weighted by Crippen LogP contribution is -2.40. The first kappa shape index (κ1) is 12.7. The van der Waals surface area contributed by atoms with Crippen LogP contribution in [0.4, 0.5) is 0 Å². The maximum absolute atomic E-state index is 11.4. The Morgan fingerprint density at radius 1 is 1.59 bits per heavy atom. The molecule has 0 aliphatic rings. The summed E-state index contributed by atoms with van der Waals surface area (Å²) in [5.74, 6) is 0.673.